The van der Waals surface area contributed by atoms with Crippen LogP contribution in [0.15, 0.2) is 145 Å². The molecule has 62 heavy (non-hydrogen) atoms. The molecule has 0 amide bonds. The molecule has 0 spiro atoms. The van der Waals surface area contributed by atoms with E-state index in [0.717, 1.165) is 60.2 Å². The molecule has 5 aromatic carbocycles. The molecule has 2 heterocycles. The van der Waals surface area contributed by atoms with E-state index in [1.165, 1.54) is 51.5 Å². The Hall–Kier alpha value is -7.82. The molecule has 0 aliphatic carbocycles. The fourth-order valence-electron chi connectivity index (χ4n) is 7.04. The molecule has 7 aromatic rings. The first-order chi connectivity index (χ1) is 30.0. The van der Waals surface area contributed by atoms with Crippen molar-refractivity contribution in [3.8, 4) is 33.0 Å². The maximum atomic E-state index is 11.2. The minimum atomic E-state index is -1.24. The van der Waals surface area contributed by atoms with Crippen molar-refractivity contribution in [3.63, 3.8) is 0 Å². The van der Waals surface area contributed by atoms with Gasteiger partial charge in [-0.05, 0) is 126 Å². The van der Waals surface area contributed by atoms with Gasteiger partial charge in [-0.15, -0.1) is 22.7 Å². The van der Waals surface area contributed by atoms with Crippen LogP contribution >= 0.6 is 22.7 Å². The maximum absolute atomic E-state index is 11.2. The highest BCUT2D eigenvalue weighted by atomic mass is 32.1. The van der Waals surface area contributed by atoms with Crippen molar-refractivity contribution in [1.82, 2.24) is 0 Å². The lowest BCUT2D eigenvalue weighted by Gasteiger charge is -2.29. The van der Waals surface area contributed by atoms with Crippen molar-refractivity contribution in [2.24, 2.45) is 0 Å². The number of carboxylic acid groups (broad SMARTS) is 2. The first kappa shape index (κ1) is 42.3. The zero-order valence-corrected chi connectivity index (χ0v) is 35.7. The first-order valence-corrected chi connectivity index (χ1v) is 21.2. The van der Waals surface area contributed by atoms with Crippen LogP contribution in [0.1, 0.15) is 48.7 Å². The van der Waals surface area contributed by atoms with Gasteiger partial charge in [-0.3, -0.25) is 0 Å². The fourth-order valence-corrected chi connectivity index (χ4v) is 8.96. The minimum absolute atomic E-state index is 0.291. The number of benzene rings is 5. The molecule has 0 aliphatic heterocycles. The van der Waals surface area contributed by atoms with Crippen LogP contribution in [0.2, 0.25) is 0 Å². The molecule has 7 rings (SSSR count). The number of hydrogen-bond acceptors (Lipinski definition) is 7. The fraction of sp³-hybridized carbons (Fsp3) is 0.0566. The summed E-state index contributed by atoms with van der Waals surface area (Å²) in [5.41, 5.74) is 12.5. The highest BCUT2D eigenvalue weighted by Gasteiger charge is 2.18. The molecule has 9 heteroatoms. The number of thiophene rings is 2. The van der Waals surface area contributed by atoms with Crippen LogP contribution in [0, 0.1) is 43.4 Å². The molecule has 0 bridgehead atoms. The molecule has 0 fully saturated rings. The summed E-state index contributed by atoms with van der Waals surface area (Å²) in [6.45, 7) is 6.44. The quantitative estimate of drug-likeness (QED) is 0.0672. The third-order valence-corrected chi connectivity index (χ3v) is 12.2. The normalized spacial score (nSPS) is 11.8. The second kappa shape index (κ2) is 19.1. The molecule has 0 saturated carbocycles. The predicted molar refractivity (Wildman–Crippen MR) is 255 cm³/mol. The van der Waals surface area contributed by atoms with Crippen molar-refractivity contribution in [2.45, 2.75) is 20.8 Å². The third kappa shape index (κ3) is 10.1. The van der Waals surface area contributed by atoms with Gasteiger partial charge in [0.15, 0.2) is 0 Å². The summed E-state index contributed by atoms with van der Waals surface area (Å²) in [4.78, 5) is 28.2. The Morgan fingerprint density at radius 1 is 0.516 bits per heavy atom. The number of aliphatic carboxylic acids is 2. The van der Waals surface area contributed by atoms with E-state index in [1.54, 1.807) is 12.1 Å². The smallest absolute Gasteiger partial charge is 0.346 e. The molecule has 0 aliphatic rings. The van der Waals surface area contributed by atoms with Crippen molar-refractivity contribution in [3.05, 3.63) is 193 Å². The number of hydrogen-bond donors (Lipinski definition) is 2. The largest absolute Gasteiger partial charge is 0.477 e. The topological polar surface area (TPSA) is 125 Å². The summed E-state index contributed by atoms with van der Waals surface area (Å²) < 4.78 is 0. The van der Waals surface area contributed by atoms with Gasteiger partial charge in [-0.25, -0.2) is 9.59 Å². The van der Waals surface area contributed by atoms with Gasteiger partial charge >= 0.3 is 11.9 Å². The number of aryl methyl sites for hydroxylation is 3. The van der Waals surface area contributed by atoms with Crippen LogP contribution in [-0.4, -0.2) is 22.2 Å². The molecular formula is C53H39N3O4S2. The van der Waals surface area contributed by atoms with Gasteiger partial charge in [0.05, 0.1) is 5.69 Å². The molecule has 2 N–H and O–H groups in total. The zero-order chi connectivity index (χ0) is 43.8. The molecule has 2 aromatic heterocycles. The van der Waals surface area contributed by atoms with Gasteiger partial charge in [-0.1, -0.05) is 115 Å². The summed E-state index contributed by atoms with van der Waals surface area (Å²) in [5, 5.41) is 36.5. The highest BCUT2D eigenvalue weighted by Crippen LogP contribution is 2.40. The average molecular weight is 846 g/mol. The number of nitrogens with zero attached hydrogens (tertiary/aromatic N) is 3. The van der Waals surface area contributed by atoms with E-state index >= 15 is 0 Å². The molecule has 7 nitrogen and oxygen atoms in total. The van der Waals surface area contributed by atoms with Crippen LogP contribution < -0.4 is 4.90 Å². The maximum Gasteiger partial charge on any atom is 0.346 e. The van der Waals surface area contributed by atoms with Gasteiger partial charge < -0.3 is 15.1 Å². The molecule has 0 atom stereocenters. The van der Waals surface area contributed by atoms with Crippen molar-refractivity contribution < 1.29 is 19.8 Å². The Labute approximate surface area is 368 Å². The van der Waals surface area contributed by atoms with Gasteiger partial charge in [0, 0.05) is 30.9 Å². The van der Waals surface area contributed by atoms with Crippen LogP contribution in [-0.2, 0) is 9.59 Å². The Bertz CT molecular complexity index is 2790. The summed E-state index contributed by atoms with van der Waals surface area (Å²) in [7, 11) is 0. The second-order valence-electron chi connectivity index (χ2n) is 14.5. The lowest BCUT2D eigenvalue weighted by molar-refractivity contribution is -0.133. The molecular weight excluding hydrogens is 807 g/mol. The molecule has 0 radical (unpaired) electrons. The summed E-state index contributed by atoms with van der Waals surface area (Å²) >= 11 is 2.87. The lowest BCUT2D eigenvalue weighted by atomic mass is 10.0. The van der Waals surface area contributed by atoms with E-state index in [-0.39, 0.29) is 11.1 Å². The van der Waals surface area contributed by atoms with Crippen LogP contribution in [0.3, 0.4) is 0 Å². The molecule has 302 valence electrons. The number of nitriles is 2. The van der Waals surface area contributed by atoms with E-state index in [2.05, 4.69) is 135 Å². The van der Waals surface area contributed by atoms with E-state index in [9.17, 15) is 19.8 Å². The second-order valence-corrected chi connectivity index (χ2v) is 16.8. The number of anilines is 3. The Kier molecular flexibility index (Phi) is 13.0. The third-order valence-electron chi connectivity index (χ3n) is 10.0. The van der Waals surface area contributed by atoms with Crippen molar-refractivity contribution >= 4 is 88.1 Å². The minimum Gasteiger partial charge on any atom is -0.477 e. The molecule has 0 saturated heterocycles. The van der Waals surface area contributed by atoms with Gasteiger partial charge in [-0.2, -0.15) is 10.5 Å². The Balaban J connectivity index is 1.06. The number of carboxylic acids is 2. The van der Waals surface area contributed by atoms with Crippen LogP contribution in [0.4, 0.5) is 17.1 Å². The average Bonchev–Trinajstić information content (AvgIpc) is 3.95. The van der Waals surface area contributed by atoms with Crippen molar-refractivity contribution in [2.75, 3.05) is 4.90 Å². The van der Waals surface area contributed by atoms with Gasteiger partial charge in [0.1, 0.15) is 23.3 Å². The van der Waals surface area contributed by atoms with Crippen LogP contribution in [0.5, 0.6) is 0 Å². The van der Waals surface area contributed by atoms with Crippen LogP contribution in [0.25, 0.3) is 57.3 Å². The van der Waals surface area contributed by atoms with E-state index in [0.29, 0.717) is 9.75 Å². The van der Waals surface area contributed by atoms with E-state index in [4.69, 9.17) is 10.5 Å². The Morgan fingerprint density at radius 3 is 1.18 bits per heavy atom. The Morgan fingerprint density at radius 2 is 0.855 bits per heavy atom. The summed E-state index contributed by atoms with van der Waals surface area (Å²) in [5.74, 6) is -2.47. The predicted octanol–water partition coefficient (Wildman–Crippen LogP) is 13.9. The number of rotatable bonds is 13. The van der Waals surface area contributed by atoms with Crippen molar-refractivity contribution in [1.29, 1.82) is 10.5 Å². The standard InChI is InChI=1S/C53H39N3O4S2/c1-34-28-35(2)51(36(3)29-34)56(45-20-12-39(13-21-45)6-4-37-8-16-41(17-9-37)49-26-24-47(61-49)30-43(32-54)52(57)58)46-22-14-40(15-23-46)7-5-38-10-18-42(19-11-38)50-27-25-48(62-50)31-44(33-55)53(59)60/h4-31H,1-3H3,(H,57,58)(H,59,60). The SMILES string of the molecule is Cc1cc(C)c(N(c2ccc(C=Cc3ccc(-c4ccc(C=C(C#N)C(=O)O)s4)cc3)cc2)c2ccc(C=Cc3ccc(-c4ccc(C=C(C#N)C(=O)O)s4)cc3)cc2)c(C)c1. The summed E-state index contributed by atoms with van der Waals surface area (Å²) in [6, 6.07) is 48.9. The lowest BCUT2D eigenvalue weighted by Crippen LogP contribution is -2.13. The highest BCUT2D eigenvalue weighted by molar-refractivity contribution is 7.16. The van der Waals surface area contributed by atoms with E-state index < -0.39 is 11.9 Å². The van der Waals surface area contributed by atoms with E-state index in [1.807, 2.05) is 48.5 Å². The van der Waals surface area contributed by atoms with Gasteiger partial charge in [0.25, 0.3) is 0 Å². The number of carbonyl (C=O) groups is 2. The zero-order valence-electron chi connectivity index (χ0n) is 34.0. The summed E-state index contributed by atoms with van der Waals surface area (Å²) in [6.07, 6.45) is 11.1. The van der Waals surface area contributed by atoms with Gasteiger partial charge in [0.2, 0.25) is 0 Å². The molecule has 0 unspecified atom stereocenters. The monoisotopic (exact) mass is 845 g/mol. The first-order valence-electron chi connectivity index (χ1n) is 19.5.